The number of esters is 1. The molecule has 0 saturated carbocycles. The number of halogens is 1. The Bertz CT molecular complexity index is 748. The van der Waals surface area contributed by atoms with Crippen molar-refractivity contribution < 1.29 is 18.7 Å². The molecule has 1 amide bonds. The van der Waals surface area contributed by atoms with E-state index < -0.39 is 5.97 Å². The summed E-state index contributed by atoms with van der Waals surface area (Å²) in [6, 6.07) is 13.1. The number of carbonyl (C=O) groups excluding carboxylic acids is 2. The van der Waals surface area contributed by atoms with Crippen molar-refractivity contribution in [1.29, 1.82) is 0 Å². The van der Waals surface area contributed by atoms with E-state index in [4.69, 9.17) is 4.74 Å². The number of amides is 1. The predicted octanol–water partition coefficient (Wildman–Crippen LogP) is 3.60. The lowest BCUT2D eigenvalue weighted by molar-refractivity contribution is -0.143. The van der Waals surface area contributed by atoms with Gasteiger partial charge in [0, 0.05) is 5.56 Å². The lowest BCUT2D eigenvalue weighted by Gasteiger charge is -2.19. The molecule has 0 spiro atoms. The summed E-state index contributed by atoms with van der Waals surface area (Å²) in [5.74, 6) is -1.31. The zero-order chi connectivity index (χ0) is 18.4. The molecule has 5 heteroatoms. The molecule has 0 radical (unpaired) electrons. The summed E-state index contributed by atoms with van der Waals surface area (Å²) in [6.45, 7) is 6.01. The molecule has 4 nitrogen and oxygen atoms in total. The fourth-order valence-electron chi connectivity index (χ4n) is 2.22. The molecule has 0 atom stereocenters. The van der Waals surface area contributed by atoms with Gasteiger partial charge in [-0.05, 0) is 40.8 Å². The minimum atomic E-state index is -0.580. The second kappa shape index (κ2) is 7.92. The van der Waals surface area contributed by atoms with Crippen molar-refractivity contribution in [3.8, 4) is 0 Å². The van der Waals surface area contributed by atoms with Crippen LogP contribution in [0.5, 0.6) is 0 Å². The van der Waals surface area contributed by atoms with Crippen molar-refractivity contribution in [3.05, 3.63) is 71.0 Å². The van der Waals surface area contributed by atoms with Gasteiger partial charge >= 0.3 is 5.97 Å². The average molecular weight is 343 g/mol. The van der Waals surface area contributed by atoms with Crippen LogP contribution in [0.3, 0.4) is 0 Å². The van der Waals surface area contributed by atoms with Gasteiger partial charge in [-0.3, -0.25) is 9.59 Å². The van der Waals surface area contributed by atoms with Gasteiger partial charge in [-0.15, -0.1) is 0 Å². The summed E-state index contributed by atoms with van der Waals surface area (Å²) in [5, 5.41) is 2.52. The molecule has 0 aliphatic rings. The third-order valence-electron chi connectivity index (χ3n) is 3.70. The van der Waals surface area contributed by atoms with Gasteiger partial charge in [-0.25, -0.2) is 4.39 Å². The van der Waals surface area contributed by atoms with Crippen LogP contribution < -0.4 is 5.32 Å². The van der Waals surface area contributed by atoms with Crippen molar-refractivity contribution in [3.63, 3.8) is 0 Å². The second-order valence-electron chi connectivity index (χ2n) is 6.80. The molecule has 0 aromatic heterocycles. The zero-order valence-electron chi connectivity index (χ0n) is 14.6. The first kappa shape index (κ1) is 18.6. The van der Waals surface area contributed by atoms with Crippen LogP contribution in [0.15, 0.2) is 48.5 Å². The van der Waals surface area contributed by atoms with Gasteiger partial charge in [-0.1, -0.05) is 45.0 Å². The Labute approximate surface area is 147 Å². The fraction of sp³-hybridized carbons (Fsp3) is 0.300. The van der Waals surface area contributed by atoms with Crippen molar-refractivity contribution in [2.45, 2.75) is 32.8 Å². The molecule has 1 N–H and O–H groups in total. The van der Waals surface area contributed by atoms with Gasteiger partial charge in [0.25, 0.3) is 5.91 Å². The largest absolute Gasteiger partial charge is 0.460 e. The molecule has 25 heavy (non-hydrogen) atoms. The van der Waals surface area contributed by atoms with Crippen molar-refractivity contribution >= 4 is 11.9 Å². The normalized spacial score (nSPS) is 11.0. The summed E-state index contributed by atoms with van der Waals surface area (Å²) in [5.41, 5.74) is 2.16. The summed E-state index contributed by atoms with van der Waals surface area (Å²) in [4.78, 5) is 23.8. The quantitative estimate of drug-likeness (QED) is 0.844. The number of hydrogen-bond acceptors (Lipinski definition) is 3. The molecular formula is C20H22FNO3. The van der Waals surface area contributed by atoms with Crippen LogP contribution in [0.4, 0.5) is 4.39 Å². The highest BCUT2D eigenvalue weighted by atomic mass is 19.1. The molecule has 2 aromatic rings. The Morgan fingerprint density at radius 3 is 2.36 bits per heavy atom. The smallest absolute Gasteiger partial charge is 0.325 e. The number of ether oxygens (including phenoxy) is 1. The van der Waals surface area contributed by atoms with Crippen molar-refractivity contribution in [2.75, 3.05) is 6.54 Å². The number of hydrogen-bond donors (Lipinski definition) is 1. The van der Waals surface area contributed by atoms with Gasteiger partial charge in [0.2, 0.25) is 0 Å². The van der Waals surface area contributed by atoms with Gasteiger partial charge in [0.05, 0.1) is 0 Å². The van der Waals surface area contributed by atoms with E-state index in [0.29, 0.717) is 11.1 Å². The van der Waals surface area contributed by atoms with E-state index in [1.54, 1.807) is 24.3 Å². The van der Waals surface area contributed by atoms with E-state index in [1.807, 2.05) is 12.1 Å². The maximum absolute atomic E-state index is 13.0. The molecule has 0 bridgehead atoms. The number of carbonyl (C=O) groups is 2. The molecule has 0 unspecified atom stereocenters. The lowest BCUT2D eigenvalue weighted by Crippen LogP contribution is -2.30. The first-order valence-corrected chi connectivity index (χ1v) is 8.04. The Kier molecular flexibility index (Phi) is 5.91. The highest BCUT2D eigenvalue weighted by Gasteiger charge is 2.14. The van der Waals surface area contributed by atoms with Crippen LogP contribution in [0.25, 0.3) is 0 Å². The van der Waals surface area contributed by atoms with Crippen LogP contribution in [-0.2, 0) is 21.6 Å². The van der Waals surface area contributed by atoms with Gasteiger partial charge in [0.15, 0.2) is 0 Å². The monoisotopic (exact) mass is 343 g/mol. The molecule has 2 rings (SSSR count). The van der Waals surface area contributed by atoms with Gasteiger partial charge in [0.1, 0.15) is 19.0 Å². The van der Waals surface area contributed by atoms with E-state index >= 15 is 0 Å². The summed E-state index contributed by atoms with van der Waals surface area (Å²) < 4.78 is 18.1. The lowest BCUT2D eigenvalue weighted by atomic mass is 9.87. The van der Waals surface area contributed by atoms with E-state index in [0.717, 1.165) is 5.56 Å². The number of nitrogens with one attached hydrogen (secondary N) is 1. The van der Waals surface area contributed by atoms with Gasteiger partial charge < -0.3 is 10.1 Å². The standard InChI is InChI=1S/C20H22FNO3/c1-20(2,3)16-9-7-15(8-10-16)19(24)22-12-18(23)25-13-14-5-4-6-17(21)11-14/h4-11H,12-13H2,1-3H3,(H,22,24). The number of benzene rings is 2. The van der Waals surface area contributed by atoms with Crippen LogP contribution >= 0.6 is 0 Å². The number of rotatable bonds is 5. The molecule has 2 aromatic carbocycles. The first-order chi connectivity index (χ1) is 11.8. The third kappa shape index (κ3) is 5.71. The van der Waals surface area contributed by atoms with E-state index in [9.17, 15) is 14.0 Å². The highest BCUT2D eigenvalue weighted by Crippen LogP contribution is 2.22. The SMILES string of the molecule is CC(C)(C)c1ccc(C(=O)NCC(=O)OCc2cccc(F)c2)cc1. The first-order valence-electron chi connectivity index (χ1n) is 8.04. The van der Waals surface area contributed by atoms with Crippen LogP contribution in [0, 0.1) is 5.82 Å². The molecule has 0 heterocycles. The molecule has 0 aliphatic carbocycles. The summed E-state index contributed by atoms with van der Waals surface area (Å²) in [7, 11) is 0. The van der Waals surface area contributed by atoms with Gasteiger partial charge in [-0.2, -0.15) is 0 Å². The minimum absolute atomic E-state index is 0.00965. The van der Waals surface area contributed by atoms with Crippen molar-refractivity contribution in [1.82, 2.24) is 5.32 Å². The summed E-state index contributed by atoms with van der Waals surface area (Å²) in [6.07, 6.45) is 0. The minimum Gasteiger partial charge on any atom is -0.460 e. The summed E-state index contributed by atoms with van der Waals surface area (Å²) >= 11 is 0. The van der Waals surface area contributed by atoms with Crippen LogP contribution in [0.2, 0.25) is 0 Å². The Hall–Kier alpha value is -2.69. The topological polar surface area (TPSA) is 55.4 Å². The van der Waals surface area contributed by atoms with E-state index in [-0.39, 0.29) is 30.3 Å². The fourth-order valence-corrected chi connectivity index (χ4v) is 2.22. The second-order valence-corrected chi connectivity index (χ2v) is 6.80. The van der Waals surface area contributed by atoms with Crippen LogP contribution in [0.1, 0.15) is 42.3 Å². The zero-order valence-corrected chi connectivity index (χ0v) is 14.6. The average Bonchev–Trinajstić information content (AvgIpc) is 2.57. The molecule has 0 aliphatic heterocycles. The molecule has 0 saturated heterocycles. The van der Waals surface area contributed by atoms with E-state index in [2.05, 4.69) is 26.1 Å². The van der Waals surface area contributed by atoms with E-state index in [1.165, 1.54) is 12.1 Å². The Morgan fingerprint density at radius 2 is 1.76 bits per heavy atom. The highest BCUT2D eigenvalue weighted by molar-refractivity contribution is 5.95. The predicted molar refractivity (Wildman–Crippen MR) is 93.7 cm³/mol. The maximum atomic E-state index is 13.0. The van der Waals surface area contributed by atoms with Crippen molar-refractivity contribution in [2.24, 2.45) is 0 Å². The molecule has 0 fully saturated rings. The molecule has 132 valence electrons. The van der Waals surface area contributed by atoms with Crippen LogP contribution in [-0.4, -0.2) is 18.4 Å². The Morgan fingerprint density at radius 1 is 1.08 bits per heavy atom. The molecular weight excluding hydrogens is 321 g/mol. The third-order valence-corrected chi connectivity index (χ3v) is 3.70. The maximum Gasteiger partial charge on any atom is 0.325 e. The Balaban J connectivity index is 1.82.